The zero-order chi connectivity index (χ0) is 44.8. The Morgan fingerprint density at radius 3 is 1.62 bits per heavy atom. The van der Waals surface area contributed by atoms with Crippen LogP contribution in [-0.2, 0) is 5.41 Å². The molecular formula is C65H43N3. The van der Waals surface area contributed by atoms with Crippen LogP contribution in [0.4, 0.5) is 34.1 Å². The second-order valence-corrected chi connectivity index (χ2v) is 18.0. The maximum Gasteiger partial charge on any atom is 0.0714 e. The molecule has 3 nitrogen and oxygen atoms in total. The molecule has 2 aliphatic rings. The Balaban J connectivity index is 1.06. The van der Waals surface area contributed by atoms with Crippen molar-refractivity contribution in [1.29, 1.82) is 0 Å². The van der Waals surface area contributed by atoms with E-state index in [1.807, 2.05) is 0 Å². The summed E-state index contributed by atoms with van der Waals surface area (Å²) in [6.45, 7) is 0. The van der Waals surface area contributed by atoms with Crippen LogP contribution in [0.2, 0.25) is 0 Å². The van der Waals surface area contributed by atoms with Crippen LogP contribution in [-0.4, -0.2) is 4.57 Å². The van der Waals surface area contributed by atoms with E-state index in [9.17, 15) is 0 Å². The van der Waals surface area contributed by atoms with Crippen LogP contribution in [0.3, 0.4) is 0 Å². The van der Waals surface area contributed by atoms with Gasteiger partial charge in [-0.25, -0.2) is 0 Å². The lowest BCUT2D eigenvalue weighted by Gasteiger charge is -2.36. The highest BCUT2D eigenvalue weighted by Gasteiger charge is 2.46. The smallest absolute Gasteiger partial charge is 0.0714 e. The number of aromatic nitrogens is 1. The number of rotatable bonds is 7. The largest absolute Gasteiger partial charge is 0.310 e. The molecule has 1 aliphatic carbocycles. The molecule has 0 atom stereocenters. The highest BCUT2D eigenvalue weighted by Crippen LogP contribution is 2.58. The molecular weight excluding hydrogens is 823 g/mol. The second kappa shape index (κ2) is 15.1. The van der Waals surface area contributed by atoms with Gasteiger partial charge in [0.05, 0.1) is 27.8 Å². The minimum absolute atomic E-state index is 0.550. The number of para-hydroxylation sites is 3. The predicted molar refractivity (Wildman–Crippen MR) is 284 cm³/mol. The van der Waals surface area contributed by atoms with E-state index < -0.39 is 5.41 Å². The summed E-state index contributed by atoms with van der Waals surface area (Å²) >= 11 is 0. The average molecular weight is 866 g/mol. The van der Waals surface area contributed by atoms with E-state index in [1.54, 1.807) is 0 Å². The molecule has 3 heteroatoms. The van der Waals surface area contributed by atoms with Crippen LogP contribution >= 0.6 is 0 Å². The van der Waals surface area contributed by atoms with Crippen molar-refractivity contribution in [1.82, 2.24) is 4.57 Å². The predicted octanol–water partition coefficient (Wildman–Crippen LogP) is 17.2. The van der Waals surface area contributed by atoms with E-state index in [0.717, 1.165) is 34.1 Å². The third kappa shape index (κ3) is 5.54. The molecule has 11 aromatic carbocycles. The van der Waals surface area contributed by atoms with Crippen molar-refractivity contribution in [2.45, 2.75) is 5.41 Å². The lowest BCUT2D eigenvalue weighted by Crippen LogP contribution is -2.28. The van der Waals surface area contributed by atoms with E-state index in [2.05, 4.69) is 275 Å². The van der Waals surface area contributed by atoms with Gasteiger partial charge in [-0.3, -0.25) is 0 Å². The maximum atomic E-state index is 2.49. The van der Waals surface area contributed by atoms with Gasteiger partial charge in [0.15, 0.2) is 0 Å². The number of hydrogen-bond acceptors (Lipinski definition) is 2. The molecule has 0 radical (unpaired) electrons. The SMILES string of the molecule is c1ccc(N2c3cc(N(c4ccc5c(c4)C(c4ccccc4)(c4ccccc4)c4ccccc4-5)c4ccc5c(c4)c4ccccc4n5-c4ccccc4)ccc3-c3cccc4cccc2c34)cc1. The zero-order valence-corrected chi connectivity index (χ0v) is 37.2. The molecule has 318 valence electrons. The van der Waals surface area contributed by atoms with Gasteiger partial charge in [0, 0.05) is 50.2 Å². The van der Waals surface area contributed by atoms with Crippen LogP contribution in [0.5, 0.6) is 0 Å². The van der Waals surface area contributed by atoms with E-state index >= 15 is 0 Å². The summed E-state index contributed by atoms with van der Waals surface area (Å²) in [6.07, 6.45) is 0. The first-order valence-electron chi connectivity index (χ1n) is 23.5. The molecule has 0 unspecified atom stereocenters. The molecule has 12 aromatic rings. The van der Waals surface area contributed by atoms with Crippen LogP contribution in [0.25, 0.3) is 60.5 Å². The minimum Gasteiger partial charge on any atom is -0.310 e. The van der Waals surface area contributed by atoms with Crippen molar-refractivity contribution in [3.63, 3.8) is 0 Å². The summed E-state index contributed by atoms with van der Waals surface area (Å²) in [4.78, 5) is 4.95. The lowest BCUT2D eigenvalue weighted by atomic mass is 9.67. The van der Waals surface area contributed by atoms with Gasteiger partial charge in [0.1, 0.15) is 0 Å². The van der Waals surface area contributed by atoms with Gasteiger partial charge in [0.25, 0.3) is 0 Å². The number of benzene rings is 11. The number of nitrogens with zero attached hydrogens (tertiary/aromatic N) is 3. The Bertz CT molecular complexity index is 3870. The van der Waals surface area contributed by atoms with E-state index in [-0.39, 0.29) is 0 Å². The highest BCUT2D eigenvalue weighted by atomic mass is 15.2. The van der Waals surface area contributed by atoms with Crippen molar-refractivity contribution in [2.24, 2.45) is 0 Å². The first-order valence-corrected chi connectivity index (χ1v) is 23.5. The standard InChI is InChI=1S/C65H43N3/c1-5-21-45(22-6-1)65(46-23-7-2-8-24-46)58-32-15-13-29-52(58)53-38-35-50(42-59(53)65)66(49-37-40-61-57(41-49)54-30-14-16-33-60(54)67(61)47-25-9-3-10-26-47)51-36-39-55-56-31-17-19-44-20-18-34-62(64(44)56)68(63(55)43-51)48-27-11-4-12-28-48/h1-43H. The number of hydrogen-bond donors (Lipinski definition) is 0. The Kier molecular flexibility index (Phi) is 8.50. The Labute approximate surface area is 395 Å². The normalized spacial score (nSPS) is 13.1. The fourth-order valence-electron chi connectivity index (χ4n) is 11.8. The Morgan fingerprint density at radius 1 is 0.324 bits per heavy atom. The molecule has 14 rings (SSSR count). The second-order valence-electron chi connectivity index (χ2n) is 18.0. The molecule has 0 amide bonds. The van der Waals surface area contributed by atoms with E-state index in [1.165, 1.54) is 82.8 Å². The monoisotopic (exact) mass is 865 g/mol. The summed E-state index contributed by atoms with van der Waals surface area (Å²) in [7, 11) is 0. The van der Waals surface area contributed by atoms with Gasteiger partial charge in [-0.2, -0.15) is 0 Å². The van der Waals surface area contributed by atoms with Crippen LogP contribution in [0.15, 0.2) is 261 Å². The first-order chi connectivity index (χ1) is 33.8. The van der Waals surface area contributed by atoms with Crippen molar-refractivity contribution < 1.29 is 0 Å². The molecule has 0 fully saturated rings. The summed E-state index contributed by atoms with van der Waals surface area (Å²) in [5, 5.41) is 4.93. The van der Waals surface area contributed by atoms with Crippen molar-refractivity contribution in [3.05, 3.63) is 283 Å². The van der Waals surface area contributed by atoms with E-state index in [4.69, 9.17) is 0 Å². The quantitative estimate of drug-likeness (QED) is 0.158. The summed E-state index contributed by atoms with van der Waals surface area (Å²) < 4.78 is 2.40. The molecule has 0 N–H and O–H groups in total. The minimum atomic E-state index is -0.550. The van der Waals surface area contributed by atoms with Crippen LogP contribution in [0.1, 0.15) is 22.3 Å². The third-order valence-electron chi connectivity index (χ3n) is 14.5. The third-order valence-corrected chi connectivity index (χ3v) is 14.5. The molecule has 0 saturated carbocycles. The topological polar surface area (TPSA) is 11.4 Å². The highest BCUT2D eigenvalue weighted by molar-refractivity contribution is 6.15. The van der Waals surface area contributed by atoms with Crippen molar-refractivity contribution in [3.8, 4) is 27.9 Å². The fourth-order valence-corrected chi connectivity index (χ4v) is 11.8. The number of anilines is 6. The van der Waals surface area contributed by atoms with Gasteiger partial charge in [-0.1, -0.05) is 182 Å². The van der Waals surface area contributed by atoms with Gasteiger partial charge in [-0.05, 0) is 123 Å². The first kappa shape index (κ1) is 38.4. The number of fused-ring (bicyclic) bond motifs is 8. The van der Waals surface area contributed by atoms with Crippen LogP contribution < -0.4 is 9.80 Å². The van der Waals surface area contributed by atoms with Gasteiger partial charge in [-0.15, -0.1) is 0 Å². The average Bonchev–Trinajstić information content (AvgIpc) is 3.90. The molecule has 1 aromatic heterocycles. The molecule has 1 aliphatic heterocycles. The molecule has 68 heavy (non-hydrogen) atoms. The van der Waals surface area contributed by atoms with Gasteiger partial charge in [0.2, 0.25) is 0 Å². The fraction of sp³-hybridized carbons (Fsp3) is 0.0154. The van der Waals surface area contributed by atoms with Crippen molar-refractivity contribution >= 4 is 66.7 Å². The maximum absolute atomic E-state index is 2.49. The molecule has 2 heterocycles. The summed E-state index contributed by atoms with van der Waals surface area (Å²) in [6, 6.07) is 96.3. The lowest BCUT2D eigenvalue weighted by molar-refractivity contribution is 0.768. The molecule has 0 bridgehead atoms. The Hall–Kier alpha value is -8.92. The Morgan fingerprint density at radius 2 is 0.868 bits per heavy atom. The molecule has 0 spiro atoms. The zero-order valence-electron chi connectivity index (χ0n) is 37.2. The van der Waals surface area contributed by atoms with Gasteiger partial charge < -0.3 is 14.4 Å². The van der Waals surface area contributed by atoms with E-state index in [0.29, 0.717) is 0 Å². The van der Waals surface area contributed by atoms with Crippen LogP contribution in [0, 0.1) is 0 Å². The molecule has 0 saturated heterocycles. The summed E-state index contributed by atoms with van der Waals surface area (Å²) in [5.41, 5.74) is 19.7. The van der Waals surface area contributed by atoms with Gasteiger partial charge >= 0.3 is 0 Å². The summed E-state index contributed by atoms with van der Waals surface area (Å²) in [5.74, 6) is 0. The van der Waals surface area contributed by atoms with Crippen molar-refractivity contribution in [2.75, 3.05) is 9.80 Å².